The third kappa shape index (κ3) is 1.95. The Morgan fingerprint density at radius 1 is 1.29 bits per heavy atom. The summed E-state index contributed by atoms with van der Waals surface area (Å²) in [7, 11) is 0. The van der Waals surface area contributed by atoms with Gasteiger partial charge in [0.05, 0.1) is 17.1 Å². The maximum atomic E-state index is 4.73. The van der Waals surface area contributed by atoms with E-state index in [2.05, 4.69) is 35.0 Å². The first-order valence-electron chi connectivity index (χ1n) is 6.57. The first kappa shape index (κ1) is 10.8. The summed E-state index contributed by atoms with van der Waals surface area (Å²) in [4.78, 5) is 10.8. The Bertz CT molecular complexity index is 464. The van der Waals surface area contributed by atoms with Gasteiger partial charge in [0.1, 0.15) is 5.82 Å². The number of rotatable bonds is 3. The lowest BCUT2D eigenvalue weighted by Crippen LogP contribution is -2.25. The highest BCUT2D eigenvalue weighted by atomic mass is 15.2. The third-order valence-corrected chi connectivity index (χ3v) is 3.69. The van der Waals surface area contributed by atoms with Gasteiger partial charge in [-0.1, -0.05) is 19.1 Å². The van der Waals surface area contributed by atoms with Crippen LogP contribution in [0.4, 0.5) is 0 Å². The number of fused-ring (bicyclic) bond motifs is 1. The molecule has 3 heteroatoms. The molecule has 1 aliphatic rings. The number of nitrogens with zero attached hydrogens (tertiary/aromatic N) is 2. The zero-order chi connectivity index (χ0) is 11.7. The van der Waals surface area contributed by atoms with E-state index in [0.717, 1.165) is 23.3 Å². The lowest BCUT2D eigenvalue weighted by atomic mass is 10.2. The van der Waals surface area contributed by atoms with Crippen molar-refractivity contribution in [2.45, 2.75) is 32.2 Å². The van der Waals surface area contributed by atoms with Crippen LogP contribution in [-0.4, -0.2) is 28.0 Å². The lowest BCUT2D eigenvalue weighted by molar-refractivity contribution is 0.231. The van der Waals surface area contributed by atoms with Crippen LogP contribution in [0.25, 0.3) is 11.0 Å². The number of hydrogen-bond donors (Lipinski definition) is 1. The second-order valence-electron chi connectivity index (χ2n) is 4.81. The van der Waals surface area contributed by atoms with E-state index in [1.54, 1.807) is 0 Å². The van der Waals surface area contributed by atoms with Crippen molar-refractivity contribution in [1.29, 1.82) is 0 Å². The Labute approximate surface area is 102 Å². The largest absolute Gasteiger partial charge is 0.341 e. The van der Waals surface area contributed by atoms with E-state index in [0.29, 0.717) is 6.04 Å². The summed E-state index contributed by atoms with van der Waals surface area (Å²) >= 11 is 0. The molecule has 0 saturated carbocycles. The monoisotopic (exact) mass is 229 g/mol. The molecule has 17 heavy (non-hydrogen) atoms. The number of para-hydroxylation sites is 2. The summed E-state index contributed by atoms with van der Waals surface area (Å²) in [6, 6.07) is 8.74. The second kappa shape index (κ2) is 4.49. The van der Waals surface area contributed by atoms with Gasteiger partial charge < -0.3 is 4.98 Å². The van der Waals surface area contributed by atoms with Crippen LogP contribution in [0.5, 0.6) is 0 Å². The van der Waals surface area contributed by atoms with Crippen LogP contribution in [0, 0.1) is 0 Å². The van der Waals surface area contributed by atoms with E-state index in [1.807, 2.05) is 6.07 Å². The predicted molar refractivity (Wildman–Crippen MR) is 69.9 cm³/mol. The normalized spacial score (nSPS) is 18.9. The van der Waals surface area contributed by atoms with Crippen molar-refractivity contribution >= 4 is 11.0 Å². The van der Waals surface area contributed by atoms with Crippen LogP contribution >= 0.6 is 0 Å². The molecule has 1 fully saturated rings. The minimum atomic E-state index is 0.463. The Kier molecular flexibility index (Phi) is 2.85. The van der Waals surface area contributed by atoms with Crippen LogP contribution in [0.2, 0.25) is 0 Å². The van der Waals surface area contributed by atoms with E-state index in [4.69, 9.17) is 4.98 Å². The Balaban J connectivity index is 1.94. The maximum Gasteiger partial charge on any atom is 0.124 e. The molecule has 1 aliphatic heterocycles. The van der Waals surface area contributed by atoms with Crippen molar-refractivity contribution in [3.05, 3.63) is 30.1 Å². The van der Waals surface area contributed by atoms with Gasteiger partial charge in [-0.15, -0.1) is 0 Å². The van der Waals surface area contributed by atoms with Crippen LogP contribution < -0.4 is 0 Å². The zero-order valence-corrected chi connectivity index (χ0v) is 10.3. The first-order valence-corrected chi connectivity index (χ1v) is 6.57. The highest BCUT2D eigenvalue weighted by Crippen LogP contribution is 2.27. The third-order valence-electron chi connectivity index (χ3n) is 3.69. The van der Waals surface area contributed by atoms with Crippen LogP contribution in [-0.2, 0) is 0 Å². The molecule has 0 amide bonds. The molecule has 0 spiro atoms. The average molecular weight is 229 g/mol. The molecular formula is C14H19N3. The van der Waals surface area contributed by atoms with E-state index >= 15 is 0 Å². The highest BCUT2D eigenvalue weighted by Gasteiger charge is 2.24. The summed E-state index contributed by atoms with van der Waals surface area (Å²) in [5.74, 6) is 1.13. The molecule has 1 atom stereocenters. The summed E-state index contributed by atoms with van der Waals surface area (Å²) in [6.45, 7) is 4.68. The lowest BCUT2D eigenvalue weighted by Gasteiger charge is -2.24. The fraction of sp³-hybridized carbons (Fsp3) is 0.500. The van der Waals surface area contributed by atoms with Crippen molar-refractivity contribution in [1.82, 2.24) is 14.9 Å². The van der Waals surface area contributed by atoms with Gasteiger partial charge in [0, 0.05) is 0 Å². The Morgan fingerprint density at radius 2 is 2.06 bits per heavy atom. The summed E-state index contributed by atoms with van der Waals surface area (Å²) in [6.07, 6.45) is 3.78. The number of benzene rings is 1. The summed E-state index contributed by atoms with van der Waals surface area (Å²) in [5.41, 5.74) is 2.24. The zero-order valence-electron chi connectivity index (χ0n) is 10.3. The number of likely N-dealkylation sites (tertiary alicyclic amines) is 1. The molecule has 1 N–H and O–H groups in total. The average Bonchev–Trinajstić information content (AvgIpc) is 2.98. The minimum absolute atomic E-state index is 0.463. The fourth-order valence-electron chi connectivity index (χ4n) is 2.81. The number of aromatic amines is 1. The molecule has 0 aliphatic carbocycles. The molecule has 3 rings (SSSR count). The molecule has 2 aromatic rings. The number of nitrogens with one attached hydrogen (secondary N) is 1. The second-order valence-corrected chi connectivity index (χ2v) is 4.81. The summed E-state index contributed by atoms with van der Waals surface area (Å²) in [5, 5.41) is 0. The molecule has 2 heterocycles. The number of H-pyrrole nitrogens is 1. The molecule has 1 saturated heterocycles. The first-order chi connectivity index (χ1) is 8.38. The SMILES string of the molecule is CCC(c1nc2ccccc2[nH]1)N1CCCC1. The van der Waals surface area contributed by atoms with Gasteiger partial charge in [-0.25, -0.2) is 4.98 Å². The molecule has 0 radical (unpaired) electrons. The van der Waals surface area contributed by atoms with Gasteiger partial charge in [-0.05, 0) is 44.5 Å². The standard InChI is InChI=1S/C14H19N3/c1-2-13(17-9-5-6-10-17)14-15-11-7-3-4-8-12(11)16-14/h3-4,7-8,13H,2,5-6,9-10H2,1H3,(H,15,16). The molecule has 1 unspecified atom stereocenters. The van der Waals surface area contributed by atoms with Crippen LogP contribution in [0.3, 0.4) is 0 Å². The molecule has 1 aromatic carbocycles. The Hall–Kier alpha value is -1.35. The topological polar surface area (TPSA) is 31.9 Å². The summed E-state index contributed by atoms with van der Waals surface area (Å²) < 4.78 is 0. The smallest absolute Gasteiger partial charge is 0.124 e. The Morgan fingerprint density at radius 3 is 2.76 bits per heavy atom. The van der Waals surface area contributed by atoms with Crippen LogP contribution in [0.1, 0.15) is 38.1 Å². The quantitative estimate of drug-likeness (QED) is 0.877. The van der Waals surface area contributed by atoms with Crippen molar-refractivity contribution in [3.63, 3.8) is 0 Å². The molecule has 3 nitrogen and oxygen atoms in total. The van der Waals surface area contributed by atoms with Gasteiger partial charge >= 0.3 is 0 Å². The molecule has 0 bridgehead atoms. The van der Waals surface area contributed by atoms with Crippen LogP contribution in [0.15, 0.2) is 24.3 Å². The fourth-order valence-corrected chi connectivity index (χ4v) is 2.81. The van der Waals surface area contributed by atoms with Gasteiger partial charge in [0.2, 0.25) is 0 Å². The van der Waals surface area contributed by atoms with Crippen molar-refractivity contribution < 1.29 is 0 Å². The van der Waals surface area contributed by atoms with E-state index in [9.17, 15) is 0 Å². The van der Waals surface area contributed by atoms with Crippen molar-refractivity contribution in [2.24, 2.45) is 0 Å². The molecule has 90 valence electrons. The maximum absolute atomic E-state index is 4.73. The van der Waals surface area contributed by atoms with E-state index in [-0.39, 0.29) is 0 Å². The minimum Gasteiger partial charge on any atom is -0.341 e. The molecule has 1 aromatic heterocycles. The van der Waals surface area contributed by atoms with E-state index < -0.39 is 0 Å². The number of imidazole rings is 1. The van der Waals surface area contributed by atoms with Gasteiger partial charge in [-0.3, -0.25) is 4.90 Å². The van der Waals surface area contributed by atoms with Crippen molar-refractivity contribution in [2.75, 3.05) is 13.1 Å². The number of aromatic nitrogens is 2. The van der Waals surface area contributed by atoms with Crippen molar-refractivity contribution in [3.8, 4) is 0 Å². The number of hydrogen-bond acceptors (Lipinski definition) is 2. The highest BCUT2D eigenvalue weighted by molar-refractivity contribution is 5.74. The van der Waals surface area contributed by atoms with E-state index in [1.165, 1.54) is 25.9 Å². The molecular weight excluding hydrogens is 210 g/mol. The van der Waals surface area contributed by atoms with Gasteiger partial charge in [-0.2, -0.15) is 0 Å². The van der Waals surface area contributed by atoms with Gasteiger partial charge in [0.15, 0.2) is 0 Å². The van der Waals surface area contributed by atoms with Gasteiger partial charge in [0.25, 0.3) is 0 Å². The predicted octanol–water partition coefficient (Wildman–Crippen LogP) is 3.11.